The zero-order chi connectivity index (χ0) is 22.7. The van der Waals surface area contributed by atoms with E-state index in [0.717, 1.165) is 35.2 Å². The number of pyridine rings is 3. The van der Waals surface area contributed by atoms with Crippen LogP contribution >= 0.6 is 0 Å². The number of aromatic nitrogens is 4. The fourth-order valence-electron chi connectivity index (χ4n) is 6.49. The molecule has 7 aromatic rings. The summed E-state index contributed by atoms with van der Waals surface area (Å²) in [6.45, 7) is 0. The topological polar surface area (TPSA) is 43.1 Å². The molecule has 4 nitrogen and oxygen atoms in total. The minimum atomic E-state index is 0.876. The molecule has 9 rings (SSSR count). The molecule has 0 unspecified atom stereocenters. The average Bonchev–Trinajstić information content (AvgIpc) is 3.58. The van der Waals surface area contributed by atoms with Crippen LogP contribution in [-0.4, -0.2) is 19.4 Å². The van der Waals surface area contributed by atoms with Crippen LogP contribution in [0.1, 0.15) is 22.3 Å². The Morgan fingerprint density at radius 1 is 0.657 bits per heavy atom. The zero-order valence-electron chi connectivity index (χ0n) is 18.8. The van der Waals surface area contributed by atoms with E-state index in [1.54, 1.807) is 0 Å². The van der Waals surface area contributed by atoms with Gasteiger partial charge in [-0.05, 0) is 93.1 Å². The largest absolute Gasteiger partial charge is 0.274 e. The molecule has 0 saturated carbocycles. The van der Waals surface area contributed by atoms with Gasteiger partial charge in [0, 0.05) is 23.2 Å². The summed E-state index contributed by atoms with van der Waals surface area (Å²) in [5.74, 6) is 0. The average molecular weight is 447 g/mol. The lowest BCUT2D eigenvalue weighted by molar-refractivity contribution is 1.22. The number of hydrogen-bond acceptors (Lipinski definition) is 3. The predicted molar refractivity (Wildman–Crippen MR) is 140 cm³/mol. The Kier molecular flexibility index (Phi) is 3.11. The molecule has 0 atom stereocenters. The maximum atomic E-state index is 5.03. The molecular formula is C31H18N4. The third-order valence-electron chi connectivity index (χ3n) is 7.96. The molecule has 0 radical (unpaired) electrons. The standard InChI is InChI=1S/C31H18N4/c1-2-5-20-17(4-1)12-18-7-8-21-23-15-24-22-9-11-32-16-28(22)35-30(34-27-6-3-10-33-31(27)35)26(24)14-19(23)13-25(21)29(18)20/h1-11,14-16H,12-13H2. The minimum Gasteiger partial charge on any atom is -0.274 e. The lowest BCUT2D eigenvalue weighted by atomic mass is 9.95. The summed E-state index contributed by atoms with van der Waals surface area (Å²) in [5.41, 5.74) is 15.1. The lowest BCUT2D eigenvalue weighted by Crippen LogP contribution is -1.94. The third-order valence-corrected chi connectivity index (χ3v) is 7.96. The summed E-state index contributed by atoms with van der Waals surface area (Å²) >= 11 is 0. The third kappa shape index (κ3) is 2.15. The van der Waals surface area contributed by atoms with Crippen LogP contribution < -0.4 is 0 Å². The highest BCUT2D eigenvalue weighted by atomic mass is 15.1. The molecule has 2 aliphatic rings. The van der Waals surface area contributed by atoms with E-state index in [4.69, 9.17) is 4.98 Å². The number of benzene rings is 3. The second kappa shape index (κ2) is 6.10. The highest BCUT2D eigenvalue weighted by Gasteiger charge is 2.29. The number of fused-ring (bicyclic) bond motifs is 15. The van der Waals surface area contributed by atoms with Gasteiger partial charge in [-0.25, -0.2) is 9.97 Å². The Labute approximate surface area is 200 Å². The van der Waals surface area contributed by atoms with Gasteiger partial charge in [0.25, 0.3) is 0 Å². The Hall–Kier alpha value is -4.57. The van der Waals surface area contributed by atoms with Gasteiger partial charge in [-0.15, -0.1) is 0 Å². The monoisotopic (exact) mass is 446 g/mol. The summed E-state index contributed by atoms with van der Waals surface area (Å²) in [5, 5.41) is 3.57. The normalized spacial score (nSPS) is 13.5. The van der Waals surface area contributed by atoms with Crippen LogP contribution in [0.5, 0.6) is 0 Å². The van der Waals surface area contributed by atoms with E-state index < -0.39 is 0 Å². The van der Waals surface area contributed by atoms with Crippen molar-refractivity contribution in [2.45, 2.75) is 12.8 Å². The maximum absolute atomic E-state index is 5.03. The molecule has 2 aliphatic carbocycles. The van der Waals surface area contributed by atoms with Crippen molar-refractivity contribution in [3.05, 3.63) is 108 Å². The molecule has 4 heterocycles. The van der Waals surface area contributed by atoms with Crippen molar-refractivity contribution in [1.29, 1.82) is 0 Å². The number of nitrogens with zero attached hydrogens (tertiary/aromatic N) is 4. The summed E-state index contributed by atoms with van der Waals surface area (Å²) in [6, 6.07) is 24.4. The quantitative estimate of drug-likeness (QED) is 0.243. The molecular weight excluding hydrogens is 428 g/mol. The first-order valence-corrected chi connectivity index (χ1v) is 12.0. The highest BCUT2D eigenvalue weighted by Crippen LogP contribution is 2.49. The first-order valence-electron chi connectivity index (χ1n) is 12.0. The van der Waals surface area contributed by atoms with Gasteiger partial charge >= 0.3 is 0 Å². The second-order valence-electron chi connectivity index (χ2n) is 9.70. The van der Waals surface area contributed by atoms with Gasteiger partial charge in [0.1, 0.15) is 11.2 Å². The Bertz CT molecular complexity index is 2070. The van der Waals surface area contributed by atoms with Crippen molar-refractivity contribution in [3.63, 3.8) is 0 Å². The number of rotatable bonds is 0. The number of imidazole rings is 1. The van der Waals surface area contributed by atoms with Gasteiger partial charge in [0.05, 0.1) is 11.7 Å². The van der Waals surface area contributed by atoms with Crippen molar-refractivity contribution < 1.29 is 0 Å². The molecule has 0 saturated heterocycles. The van der Waals surface area contributed by atoms with Crippen LogP contribution in [-0.2, 0) is 12.8 Å². The Morgan fingerprint density at radius 3 is 2.63 bits per heavy atom. The SMILES string of the molecule is c1ccc2c(c1)Cc1ccc3c(c1-2)Cc1cc2c(cc1-3)c1ccncc1n1c3ncccc3nc21. The van der Waals surface area contributed by atoms with Crippen LogP contribution in [0.15, 0.2) is 85.3 Å². The van der Waals surface area contributed by atoms with Crippen molar-refractivity contribution in [2.24, 2.45) is 0 Å². The van der Waals surface area contributed by atoms with Crippen molar-refractivity contribution in [1.82, 2.24) is 19.4 Å². The van der Waals surface area contributed by atoms with Crippen LogP contribution in [0.25, 0.3) is 60.7 Å². The first kappa shape index (κ1) is 17.8. The number of hydrogen-bond donors (Lipinski definition) is 0. The molecule has 162 valence electrons. The van der Waals surface area contributed by atoms with E-state index in [1.165, 1.54) is 60.7 Å². The molecule has 0 amide bonds. The second-order valence-corrected chi connectivity index (χ2v) is 9.70. The van der Waals surface area contributed by atoms with Crippen molar-refractivity contribution >= 4 is 38.5 Å². The van der Waals surface area contributed by atoms with Gasteiger partial charge in [-0.3, -0.25) is 9.38 Å². The fourth-order valence-corrected chi connectivity index (χ4v) is 6.49. The summed E-state index contributed by atoms with van der Waals surface area (Å²) in [7, 11) is 0. The molecule has 0 fully saturated rings. The molecule has 0 spiro atoms. The van der Waals surface area contributed by atoms with E-state index in [9.17, 15) is 0 Å². The Balaban J connectivity index is 1.40. The Morgan fingerprint density at radius 2 is 1.63 bits per heavy atom. The summed E-state index contributed by atoms with van der Waals surface area (Å²) in [4.78, 5) is 14.1. The van der Waals surface area contributed by atoms with E-state index in [-0.39, 0.29) is 0 Å². The summed E-state index contributed by atoms with van der Waals surface area (Å²) in [6.07, 6.45) is 7.63. The van der Waals surface area contributed by atoms with E-state index in [2.05, 4.69) is 69.0 Å². The fraction of sp³-hybridized carbons (Fsp3) is 0.0645. The molecule has 4 aromatic heterocycles. The van der Waals surface area contributed by atoms with Gasteiger partial charge in [0.2, 0.25) is 0 Å². The van der Waals surface area contributed by atoms with E-state index in [0.29, 0.717) is 0 Å². The first-order chi connectivity index (χ1) is 17.3. The van der Waals surface area contributed by atoms with E-state index >= 15 is 0 Å². The molecule has 3 aromatic carbocycles. The molecule has 0 bridgehead atoms. The van der Waals surface area contributed by atoms with Crippen LogP contribution in [0.4, 0.5) is 0 Å². The molecule has 35 heavy (non-hydrogen) atoms. The maximum Gasteiger partial charge on any atom is 0.165 e. The highest BCUT2D eigenvalue weighted by molar-refractivity contribution is 6.15. The zero-order valence-corrected chi connectivity index (χ0v) is 18.8. The van der Waals surface area contributed by atoms with Crippen molar-refractivity contribution in [2.75, 3.05) is 0 Å². The minimum absolute atomic E-state index is 0.876. The van der Waals surface area contributed by atoms with Crippen LogP contribution in [0, 0.1) is 0 Å². The molecule has 0 N–H and O–H groups in total. The van der Waals surface area contributed by atoms with Gasteiger partial charge in [-0.1, -0.05) is 36.4 Å². The van der Waals surface area contributed by atoms with Gasteiger partial charge < -0.3 is 0 Å². The molecule has 0 aliphatic heterocycles. The van der Waals surface area contributed by atoms with E-state index in [1.807, 2.05) is 30.7 Å². The van der Waals surface area contributed by atoms with Gasteiger partial charge in [-0.2, -0.15) is 0 Å². The van der Waals surface area contributed by atoms with Crippen LogP contribution in [0.2, 0.25) is 0 Å². The smallest absolute Gasteiger partial charge is 0.165 e. The van der Waals surface area contributed by atoms with Gasteiger partial charge in [0.15, 0.2) is 5.65 Å². The lowest BCUT2D eigenvalue weighted by Gasteiger charge is -2.11. The predicted octanol–water partition coefficient (Wildman–Crippen LogP) is 6.73. The molecule has 4 heteroatoms. The summed E-state index contributed by atoms with van der Waals surface area (Å²) < 4.78 is 2.17. The van der Waals surface area contributed by atoms with Crippen molar-refractivity contribution in [3.8, 4) is 22.3 Å². The van der Waals surface area contributed by atoms with Crippen LogP contribution in [0.3, 0.4) is 0 Å².